The minimum absolute atomic E-state index is 0.128. The Kier molecular flexibility index (Phi) is 9.01. The number of halogens is 1. The van der Waals surface area contributed by atoms with Crippen LogP contribution in [-0.4, -0.2) is 35.1 Å². The van der Waals surface area contributed by atoms with Crippen molar-refractivity contribution in [1.82, 2.24) is 10.2 Å². The molecule has 0 saturated heterocycles. The monoisotopic (exact) mass is 402 g/mol. The van der Waals surface area contributed by atoms with E-state index in [1.54, 1.807) is 24.0 Å². The number of amides is 2. The molecule has 2 amide bonds. The highest BCUT2D eigenvalue weighted by Crippen LogP contribution is 2.19. The van der Waals surface area contributed by atoms with Crippen molar-refractivity contribution in [1.29, 1.82) is 0 Å². The summed E-state index contributed by atoms with van der Waals surface area (Å²) in [4.78, 5) is 28.0. The molecule has 1 N–H and O–H groups in total. The number of benzene rings is 2. The second-order valence-corrected chi connectivity index (χ2v) is 7.62. The maximum Gasteiger partial charge on any atom is 0.242 e. The zero-order chi connectivity index (χ0) is 20.4. The minimum atomic E-state index is -0.606. The Balaban J connectivity index is 2.08. The van der Waals surface area contributed by atoms with Gasteiger partial charge in [0.15, 0.2) is 0 Å². The molecule has 0 spiro atoms. The van der Waals surface area contributed by atoms with E-state index in [9.17, 15) is 14.0 Å². The number of carbonyl (C=O) groups is 2. The lowest BCUT2D eigenvalue weighted by atomic mass is 10.1. The van der Waals surface area contributed by atoms with Gasteiger partial charge in [0.2, 0.25) is 11.8 Å². The molecule has 6 heteroatoms. The molecule has 0 heterocycles. The number of carbonyl (C=O) groups excluding carboxylic acids is 2. The largest absolute Gasteiger partial charge is 0.354 e. The van der Waals surface area contributed by atoms with Crippen molar-refractivity contribution >= 4 is 23.6 Å². The van der Waals surface area contributed by atoms with Crippen molar-refractivity contribution in [3.05, 3.63) is 66.0 Å². The van der Waals surface area contributed by atoms with Crippen LogP contribution in [0.5, 0.6) is 0 Å². The molecule has 0 saturated carbocycles. The first-order chi connectivity index (χ1) is 13.5. The summed E-state index contributed by atoms with van der Waals surface area (Å²) in [5, 5.41) is 2.89. The van der Waals surface area contributed by atoms with Crippen LogP contribution in [0.3, 0.4) is 0 Å². The van der Waals surface area contributed by atoms with Crippen LogP contribution in [0.15, 0.2) is 59.5 Å². The summed E-state index contributed by atoms with van der Waals surface area (Å²) in [7, 11) is 0. The molecule has 0 unspecified atom stereocenters. The zero-order valence-electron chi connectivity index (χ0n) is 16.4. The molecule has 4 nitrogen and oxygen atoms in total. The van der Waals surface area contributed by atoms with E-state index in [-0.39, 0.29) is 29.9 Å². The fourth-order valence-electron chi connectivity index (χ4n) is 2.65. The molecule has 0 aromatic heterocycles. The fourth-order valence-corrected chi connectivity index (χ4v) is 3.46. The molecule has 0 bridgehead atoms. The van der Waals surface area contributed by atoms with Crippen molar-refractivity contribution in [3.8, 4) is 0 Å². The van der Waals surface area contributed by atoms with Gasteiger partial charge in [0.25, 0.3) is 0 Å². The maximum atomic E-state index is 13.2. The van der Waals surface area contributed by atoms with Crippen molar-refractivity contribution in [2.24, 2.45) is 0 Å². The Bertz CT molecular complexity index is 753. The zero-order valence-corrected chi connectivity index (χ0v) is 17.2. The van der Waals surface area contributed by atoms with Crippen molar-refractivity contribution in [2.45, 2.75) is 44.2 Å². The van der Waals surface area contributed by atoms with E-state index in [4.69, 9.17) is 0 Å². The van der Waals surface area contributed by atoms with E-state index >= 15 is 0 Å². The summed E-state index contributed by atoms with van der Waals surface area (Å²) in [6, 6.07) is 15.1. The molecule has 150 valence electrons. The first-order valence-corrected chi connectivity index (χ1v) is 10.5. The van der Waals surface area contributed by atoms with Crippen LogP contribution < -0.4 is 5.32 Å². The number of unbranched alkanes of at least 4 members (excludes halogenated alkanes) is 1. The van der Waals surface area contributed by atoms with Gasteiger partial charge >= 0.3 is 0 Å². The lowest BCUT2D eigenvalue weighted by Gasteiger charge is -2.28. The standard InChI is InChI=1S/C22H27FN2O2S/c1-3-4-14-24-22(27)17(2)25(15-18-10-12-19(23)13-11-18)21(26)16-28-20-8-6-5-7-9-20/h5-13,17H,3-4,14-16H2,1-2H3,(H,24,27)/t17-/m1/s1. The molecule has 0 aliphatic carbocycles. The third-order valence-electron chi connectivity index (χ3n) is 4.37. The summed E-state index contributed by atoms with van der Waals surface area (Å²) >= 11 is 1.44. The highest BCUT2D eigenvalue weighted by atomic mass is 32.2. The predicted octanol–water partition coefficient (Wildman–Crippen LogP) is 4.25. The van der Waals surface area contributed by atoms with Crippen LogP contribution in [0.2, 0.25) is 0 Å². The van der Waals surface area contributed by atoms with Crippen LogP contribution in [0.4, 0.5) is 4.39 Å². The molecule has 0 aliphatic heterocycles. The Labute approximate surface area is 170 Å². The molecule has 28 heavy (non-hydrogen) atoms. The molecular weight excluding hydrogens is 375 g/mol. The Morgan fingerprint density at radius 1 is 1.11 bits per heavy atom. The molecule has 0 aliphatic rings. The van der Waals surface area contributed by atoms with Gasteiger partial charge in [-0.2, -0.15) is 0 Å². The normalized spacial score (nSPS) is 11.7. The van der Waals surface area contributed by atoms with Crippen molar-refractivity contribution in [2.75, 3.05) is 12.3 Å². The van der Waals surface area contributed by atoms with Gasteiger partial charge in [-0.15, -0.1) is 11.8 Å². The van der Waals surface area contributed by atoms with Gasteiger partial charge in [0.05, 0.1) is 5.75 Å². The van der Waals surface area contributed by atoms with Crippen molar-refractivity contribution < 1.29 is 14.0 Å². The topological polar surface area (TPSA) is 49.4 Å². The Morgan fingerprint density at radius 3 is 2.43 bits per heavy atom. The van der Waals surface area contributed by atoms with Gasteiger partial charge in [-0.1, -0.05) is 43.7 Å². The summed E-state index contributed by atoms with van der Waals surface area (Å²) in [5.74, 6) is -0.394. The number of nitrogens with one attached hydrogen (secondary N) is 1. The van der Waals surface area contributed by atoms with Crippen LogP contribution >= 0.6 is 11.8 Å². The quantitative estimate of drug-likeness (QED) is 0.477. The summed E-state index contributed by atoms with van der Waals surface area (Å²) in [6.07, 6.45) is 1.88. The van der Waals surface area contributed by atoms with Gasteiger partial charge in [-0.3, -0.25) is 9.59 Å². The second kappa shape index (κ2) is 11.5. The molecular formula is C22H27FN2O2S. The lowest BCUT2D eigenvalue weighted by molar-refractivity contribution is -0.138. The average molecular weight is 403 g/mol. The number of nitrogens with zero attached hydrogens (tertiary/aromatic N) is 1. The first-order valence-electron chi connectivity index (χ1n) is 9.50. The molecule has 2 aromatic rings. The highest BCUT2D eigenvalue weighted by Gasteiger charge is 2.26. The fraction of sp³-hybridized carbons (Fsp3) is 0.364. The van der Waals surface area contributed by atoms with E-state index in [0.717, 1.165) is 23.3 Å². The van der Waals surface area contributed by atoms with Gasteiger partial charge in [0, 0.05) is 18.0 Å². The predicted molar refractivity (Wildman–Crippen MR) is 111 cm³/mol. The lowest BCUT2D eigenvalue weighted by Crippen LogP contribution is -2.48. The molecule has 1 atom stereocenters. The van der Waals surface area contributed by atoms with Gasteiger partial charge in [0.1, 0.15) is 11.9 Å². The minimum Gasteiger partial charge on any atom is -0.354 e. The molecule has 0 radical (unpaired) electrons. The number of thioether (sulfide) groups is 1. The van der Waals surface area contributed by atoms with Gasteiger partial charge in [-0.05, 0) is 43.2 Å². The van der Waals surface area contributed by atoms with Crippen molar-refractivity contribution in [3.63, 3.8) is 0 Å². The van der Waals surface area contributed by atoms with Crippen LogP contribution in [0.1, 0.15) is 32.3 Å². The first kappa shape index (κ1) is 22.0. The van der Waals surface area contributed by atoms with Crippen LogP contribution in [0, 0.1) is 5.82 Å². The molecule has 2 rings (SSSR count). The van der Waals surface area contributed by atoms with Gasteiger partial charge < -0.3 is 10.2 Å². The summed E-state index contributed by atoms with van der Waals surface area (Å²) in [5.41, 5.74) is 0.785. The van der Waals surface area contributed by atoms with E-state index in [1.807, 2.05) is 30.3 Å². The average Bonchev–Trinajstić information content (AvgIpc) is 2.72. The van der Waals surface area contributed by atoms with E-state index in [0.29, 0.717) is 6.54 Å². The molecule has 0 fully saturated rings. The number of hydrogen-bond acceptors (Lipinski definition) is 3. The highest BCUT2D eigenvalue weighted by molar-refractivity contribution is 8.00. The van der Waals surface area contributed by atoms with E-state index in [2.05, 4.69) is 12.2 Å². The Hall–Kier alpha value is -2.34. The maximum absolute atomic E-state index is 13.2. The second-order valence-electron chi connectivity index (χ2n) is 6.57. The summed E-state index contributed by atoms with van der Waals surface area (Å²) < 4.78 is 13.2. The van der Waals surface area contributed by atoms with Crippen LogP contribution in [0.25, 0.3) is 0 Å². The number of hydrogen-bond donors (Lipinski definition) is 1. The summed E-state index contributed by atoms with van der Waals surface area (Å²) in [6.45, 7) is 4.64. The number of rotatable bonds is 10. The van der Waals surface area contributed by atoms with E-state index in [1.165, 1.54) is 23.9 Å². The third-order valence-corrected chi connectivity index (χ3v) is 5.37. The Morgan fingerprint density at radius 2 is 1.79 bits per heavy atom. The smallest absolute Gasteiger partial charge is 0.242 e. The van der Waals surface area contributed by atoms with E-state index < -0.39 is 6.04 Å². The van der Waals surface area contributed by atoms with Gasteiger partial charge in [-0.25, -0.2) is 4.39 Å². The molecule has 2 aromatic carbocycles. The van der Waals surface area contributed by atoms with Crippen LogP contribution in [-0.2, 0) is 16.1 Å². The SMILES string of the molecule is CCCCNC(=O)[C@@H](C)N(Cc1ccc(F)cc1)C(=O)CSc1ccccc1. The third kappa shape index (κ3) is 7.00.